The lowest BCUT2D eigenvalue weighted by Gasteiger charge is -2.43. The van der Waals surface area contributed by atoms with Gasteiger partial charge in [-0.05, 0) is 53.4 Å². The normalized spacial score (nSPS) is 27.7. The van der Waals surface area contributed by atoms with Crippen LogP contribution < -0.4 is 0 Å². The highest BCUT2D eigenvalue weighted by molar-refractivity contribution is 5.74. The van der Waals surface area contributed by atoms with Crippen LogP contribution in [0.1, 0.15) is 64.5 Å². The molecule has 1 heterocycles. The van der Waals surface area contributed by atoms with Crippen molar-refractivity contribution in [1.82, 2.24) is 0 Å². The van der Waals surface area contributed by atoms with Gasteiger partial charge in [0.2, 0.25) is 0 Å². The quantitative estimate of drug-likeness (QED) is 0.744. The third kappa shape index (κ3) is 4.70. The molecule has 146 valence electrons. The van der Waals surface area contributed by atoms with Gasteiger partial charge in [-0.25, -0.2) is 0 Å². The molecule has 2 aliphatic rings. The molecule has 3 rings (SSSR count). The Morgan fingerprint density at radius 1 is 1.15 bits per heavy atom. The number of carbonyl (C=O) groups excluding carboxylic acids is 1. The summed E-state index contributed by atoms with van der Waals surface area (Å²) in [5.41, 5.74) is 5.46. The van der Waals surface area contributed by atoms with E-state index in [1.165, 1.54) is 22.3 Å². The van der Waals surface area contributed by atoms with Gasteiger partial charge >= 0.3 is 5.97 Å². The first-order valence-electron chi connectivity index (χ1n) is 9.92. The lowest BCUT2D eigenvalue weighted by Crippen LogP contribution is -2.32. The number of benzene rings is 1. The molecule has 27 heavy (non-hydrogen) atoms. The minimum Gasteiger partial charge on any atom is -0.458 e. The molecule has 2 atom stereocenters. The standard InChI is InChI=1S/C24H32O3/c1-16-6-8-17(9-7-16)20-14-23(2,3)15-24(4,5)21(20)11-10-19-12-18(25)13-22(26)27-19/h6-11,18-19,25H,12-15H2,1-5H3/b11-10+/t18-,19-/m1/s1. The van der Waals surface area contributed by atoms with Crippen molar-refractivity contribution < 1.29 is 14.6 Å². The Balaban J connectivity index is 2.00. The number of hydrogen-bond donors (Lipinski definition) is 1. The highest BCUT2D eigenvalue weighted by Gasteiger charge is 2.38. The zero-order valence-corrected chi connectivity index (χ0v) is 17.2. The summed E-state index contributed by atoms with van der Waals surface area (Å²) in [5.74, 6) is -0.319. The van der Waals surface area contributed by atoms with Crippen molar-refractivity contribution >= 4 is 11.5 Å². The molecule has 3 nitrogen and oxygen atoms in total. The van der Waals surface area contributed by atoms with Gasteiger partial charge in [-0.1, -0.05) is 63.6 Å². The van der Waals surface area contributed by atoms with Gasteiger partial charge < -0.3 is 9.84 Å². The minimum absolute atomic E-state index is 0.0236. The lowest BCUT2D eigenvalue weighted by molar-refractivity contribution is -0.156. The van der Waals surface area contributed by atoms with Crippen LogP contribution in [-0.4, -0.2) is 23.3 Å². The second kappa shape index (κ2) is 7.27. The number of rotatable bonds is 3. The molecular weight excluding hydrogens is 336 g/mol. The Kier molecular flexibility index (Phi) is 5.36. The van der Waals surface area contributed by atoms with Gasteiger partial charge in [-0.2, -0.15) is 0 Å². The van der Waals surface area contributed by atoms with Crippen molar-refractivity contribution in [2.45, 2.75) is 72.5 Å². The van der Waals surface area contributed by atoms with Crippen LogP contribution in [0, 0.1) is 17.8 Å². The van der Waals surface area contributed by atoms with Gasteiger partial charge in [0.05, 0.1) is 12.5 Å². The number of ether oxygens (including phenoxy) is 1. The maximum atomic E-state index is 11.6. The molecule has 1 aliphatic carbocycles. The fraction of sp³-hybridized carbons (Fsp3) is 0.542. The van der Waals surface area contributed by atoms with Crippen molar-refractivity contribution in [1.29, 1.82) is 0 Å². The zero-order chi connectivity index (χ0) is 19.8. The monoisotopic (exact) mass is 368 g/mol. The van der Waals surface area contributed by atoms with Crippen LogP contribution in [0.15, 0.2) is 42.0 Å². The van der Waals surface area contributed by atoms with Gasteiger partial charge in [0, 0.05) is 6.42 Å². The second-order valence-corrected chi connectivity index (χ2v) is 9.64. The molecule has 0 saturated carbocycles. The molecule has 1 fully saturated rings. The fourth-order valence-electron chi connectivity index (χ4n) is 4.81. The van der Waals surface area contributed by atoms with E-state index in [0.717, 1.165) is 12.8 Å². The Labute approximate surface area is 163 Å². The number of carbonyl (C=O) groups is 1. The number of allylic oxidation sites excluding steroid dienone is 3. The maximum Gasteiger partial charge on any atom is 0.309 e. The second-order valence-electron chi connectivity index (χ2n) is 9.64. The Morgan fingerprint density at radius 2 is 1.81 bits per heavy atom. The maximum absolute atomic E-state index is 11.6. The van der Waals surface area contributed by atoms with Crippen LogP contribution >= 0.6 is 0 Å². The molecule has 0 spiro atoms. The van der Waals surface area contributed by atoms with E-state index in [2.05, 4.69) is 65.0 Å². The summed E-state index contributed by atoms with van der Waals surface area (Å²) in [5, 5.41) is 9.87. The topological polar surface area (TPSA) is 46.5 Å². The molecule has 0 unspecified atom stereocenters. The molecule has 1 aromatic rings. The summed E-state index contributed by atoms with van der Waals surface area (Å²) in [6, 6.07) is 8.75. The predicted molar refractivity (Wildman–Crippen MR) is 109 cm³/mol. The summed E-state index contributed by atoms with van der Waals surface area (Å²) in [6.07, 6.45) is 5.84. The molecule has 0 amide bonds. The molecule has 1 N–H and O–H groups in total. The fourth-order valence-corrected chi connectivity index (χ4v) is 4.81. The summed E-state index contributed by atoms with van der Waals surface area (Å²) in [4.78, 5) is 11.6. The Morgan fingerprint density at radius 3 is 2.44 bits per heavy atom. The van der Waals surface area contributed by atoms with Crippen LogP contribution in [-0.2, 0) is 9.53 Å². The third-order valence-corrected chi connectivity index (χ3v) is 5.70. The molecule has 0 radical (unpaired) electrons. The molecule has 3 heteroatoms. The minimum atomic E-state index is -0.607. The SMILES string of the molecule is Cc1ccc(C2=C(/C=C/[C@@H]3C[C@@H](O)CC(=O)O3)C(C)(C)CC(C)(C)C2)cc1. The van der Waals surface area contributed by atoms with E-state index in [-0.39, 0.29) is 29.3 Å². The average molecular weight is 369 g/mol. The molecule has 1 saturated heterocycles. The largest absolute Gasteiger partial charge is 0.458 e. The van der Waals surface area contributed by atoms with Crippen LogP contribution in [0.4, 0.5) is 0 Å². The van der Waals surface area contributed by atoms with Gasteiger partial charge in [-0.15, -0.1) is 0 Å². The first kappa shape index (κ1) is 19.9. The molecular formula is C24H32O3. The number of aliphatic hydroxyl groups excluding tert-OH is 1. The van der Waals surface area contributed by atoms with Crippen molar-refractivity contribution in [2.24, 2.45) is 10.8 Å². The molecule has 0 aromatic heterocycles. The number of cyclic esters (lactones) is 1. The van der Waals surface area contributed by atoms with E-state index < -0.39 is 6.10 Å². The highest BCUT2D eigenvalue weighted by atomic mass is 16.5. The molecule has 0 bridgehead atoms. The Hall–Kier alpha value is -1.87. The Bertz CT molecular complexity index is 765. The smallest absolute Gasteiger partial charge is 0.309 e. The molecule has 1 aromatic carbocycles. The number of esters is 1. The summed E-state index contributed by atoms with van der Waals surface area (Å²) in [6.45, 7) is 11.4. The zero-order valence-electron chi connectivity index (χ0n) is 17.2. The van der Waals surface area contributed by atoms with E-state index >= 15 is 0 Å². The first-order chi connectivity index (χ1) is 12.6. The predicted octanol–water partition coefficient (Wildman–Crippen LogP) is 5.22. The van der Waals surface area contributed by atoms with Crippen molar-refractivity contribution in [3.63, 3.8) is 0 Å². The van der Waals surface area contributed by atoms with Gasteiger partial charge in [0.15, 0.2) is 0 Å². The van der Waals surface area contributed by atoms with Crippen LogP contribution in [0.3, 0.4) is 0 Å². The van der Waals surface area contributed by atoms with Gasteiger partial charge in [-0.3, -0.25) is 4.79 Å². The first-order valence-corrected chi connectivity index (χ1v) is 9.92. The van der Waals surface area contributed by atoms with E-state index in [0.29, 0.717) is 6.42 Å². The van der Waals surface area contributed by atoms with Crippen LogP contribution in [0.5, 0.6) is 0 Å². The van der Waals surface area contributed by atoms with Gasteiger partial charge in [0.25, 0.3) is 0 Å². The molecule has 1 aliphatic heterocycles. The number of hydrogen-bond acceptors (Lipinski definition) is 3. The van der Waals surface area contributed by atoms with Gasteiger partial charge in [0.1, 0.15) is 6.10 Å². The summed E-state index contributed by atoms with van der Waals surface area (Å²) in [7, 11) is 0. The highest BCUT2D eigenvalue weighted by Crippen LogP contribution is 2.52. The third-order valence-electron chi connectivity index (χ3n) is 5.70. The van der Waals surface area contributed by atoms with E-state index in [1.54, 1.807) is 0 Å². The van der Waals surface area contributed by atoms with E-state index in [9.17, 15) is 9.90 Å². The summed E-state index contributed by atoms with van der Waals surface area (Å²) >= 11 is 0. The summed E-state index contributed by atoms with van der Waals surface area (Å²) < 4.78 is 5.41. The van der Waals surface area contributed by atoms with Crippen LogP contribution in [0.2, 0.25) is 0 Å². The lowest BCUT2D eigenvalue weighted by atomic mass is 9.61. The van der Waals surface area contributed by atoms with Crippen molar-refractivity contribution in [2.75, 3.05) is 0 Å². The van der Waals surface area contributed by atoms with Crippen molar-refractivity contribution in [3.8, 4) is 0 Å². The van der Waals surface area contributed by atoms with Crippen molar-refractivity contribution in [3.05, 3.63) is 53.1 Å². The van der Waals surface area contributed by atoms with E-state index in [4.69, 9.17) is 4.74 Å². The number of aryl methyl sites for hydroxylation is 1. The van der Waals surface area contributed by atoms with Crippen LogP contribution in [0.25, 0.3) is 5.57 Å². The average Bonchev–Trinajstić information content (AvgIpc) is 2.51. The van der Waals surface area contributed by atoms with E-state index in [1.807, 2.05) is 6.08 Å². The number of aliphatic hydroxyl groups is 1.